The smallest absolute Gasteiger partial charge is 0.0855 e. The van der Waals surface area contributed by atoms with Crippen LogP contribution in [0.25, 0.3) is 0 Å². The van der Waals surface area contributed by atoms with Crippen LogP contribution < -0.4 is 5.32 Å². The molecule has 2 heterocycles. The molecule has 1 aromatic heterocycles. The number of aryl methyl sites for hydroxylation is 2. The van der Waals surface area contributed by atoms with E-state index in [-0.39, 0.29) is 0 Å². The molecule has 1 saturated heterocycles. The van der Waals surface area contributed by atoms with Gasteiger partial charge in [-0.15, -0.1) is 0 Å². The first kappa shape index (κ1) is 15.5. The predicted octanol–water partition coefficient (Wildman–Crippen LogP) is 1.05. The molecule has 0 spiro atoms. The van der Waals surface area contributed by atoms with Crippen molar-refractivity contribution >= 4 is 0 Å². The van der Waals surface area contributed by atoms with Crippen LogP contribution in [0.2, 0.25) is 0 Å². The van der Waals surface area contributed by atoms with Crippen LogP contribution in [0.15, 0.2) is 12.4 Å². The highest BCUT2D eigenvalue weighted by molar-refractivity contribution is 5.04. The van der Waals surface area contributed by atoms with Gasteiger partial charge in [0.1, 0.15) is 0 Å². The lowest BCUT2D eigenvalue weighted by atomic mass is 10.0. The van der Waals surface area contributed by atoms with E-state index in [4.69, 9.17) is 4.74 Å². The van der Waals surface area contributed by atoms with E-state index < -0.39 is 0 Å². The van der Waals surface area contributed by atoms with Gasteiger partial charge in [0, 0.05) is 32.4 Å². The van der Waals surface area contributed by atoms with Crippen molar-refractivity contribution < 1.29 is 4.74 Å². The van der Waals surface area contributed by atoms with E-state index in [1.807, 2.05) is 17.9 Å². The summed E-state index contributed by atoms with van der Waals surface area (Å²) in [7, 11) is 4.14. The second-order valence-corrected chi connectivity index (χ2v) is 5.79. The first-order valence-corrected chi connectivity index (χ1v) is 7.70. The Labute approximate surface area is 122 Å². The average molecular weight is 280 g/mol. The quantitative estimate of drug-likeness (QED) is 0.811. The van der Waals surface area contributed by atoms with Gasteiger partial charge in [-0.2, -0.15) is 5.10 Å². The molecule has 0 aliphatic carbocycles. The van der Waals surface area contributed by atoms with Gasteiger partial charge in [-0.1, -0.05) is 6.92 Å². The fourth-order valence-corrected chi connectivity index (χ4v) is 2.73. The van der Waals surface area contributed by atoms with Crippen LogP contribution in [0.1, 0.15) is 25.3 Å². The van der Waals surface area contributed by atoms with Crippen LogP contribution in [0.4, 0.5) is 0 Å². The molecule has 0 bridgehead atoms. The van der Waals surface area contributed by atoms with Crippen molar-refractivity contribution in [3.8, 4) is 0 Å². The van der Waals surface area contributed by atoms with Gasteiger partial charge in [0.2, 0.25) is 0 Å². The molecule has 0 radical (unpaired) electrons. The monoisotopic (exact) mass is 280 g/mol. The second-order valence-electron chi connectivity index (χ2n) is 5.79. The van der Waals surface area contributed by atoms with Crippen molar-refractivity contribution in [2.75, 3.05) is 33.3 Å². The molecule has 2 rings (SSSR count). The van der Waals surface area contributed by atoms with Crippen LogP contribution >= 0.6 is 0 Å². The molecule has 2 unspecified atom stereocenters. The minimum atomic E-state index is 0.303. The normalized spacial score (nSPS) is 22.1. The van der Waals surface area contributed by atoms with Crippen molar-refractivity contribution in [3.63, 3.8) is 0 Å². The molecule has 0 amide bonds. The van der Waals surface area contributed by atoms with Crippen LogP contribution in [0.5, 0.6) is 0 Å². The summed E-state index contributed by atoms with van der Waals surface area (Å²) in [6.07, 6.45) is 7.68. The van der Waals surface area contributed by atoms with Crippen LogP contribution in [0.3, 0.4) is 0 Å². The first-order valence-electron chi connectivity index (χ1n) is 7.70. The SMILES string of the molecule is CCCNC(CCc1cnn(C)c1)C1CN(C)CCO1. The van der Waals surface area contributed by atoms with Crippen molar-refractivity contribution in [2.24, 2.45) is 7.05 Å². The minimum Gasteiger partial charge on any atom is -0.374 e. The molecule has 0 saturated carbocycles. The van der Waals surface area contributed by atoms with E-state index in [0.29, 0.717) is 12.1 Å². The summed E-state index contributed by atoms with van der Waals surface area (Å²) < 4.78 is 7.85. The number of hydrogen-bond acceptors (Lipinski definition) is 4. The fourth-order valence-electron chi connectivity index (χ4n) is 2.73. The Kier molecular flexibility index (Phi) is 6.01. The topological polar surface area (TPSA) is 42.3 Å². The van der Waals surface area contributed by atoms with Gasteiger partial charge in [-0.3, -0.25) is 4.68 Å². The summed E-state index contributed by atoms with van der Waals surface area (Å²) in [4.78, 5) is 2.36. The van der Waals surface area contributed by atoms with E-state index in [9.17, 15) is 0 Å². The molecule has 1 aliphatic heterocycles. The van der Waals surface area contributed by atoms with Gasteiger partial charge >= 0.3 is 0 Å². The van der Waals surface area contributed by atoms with Crippen LogP contribution in [-0.4, -0.2) is 60.1 Å². The Morgan fingerprint density at radius 1 is 1.50 bits per heavy atom. The molecule has 2 atom stereocenters. The maximum Gasteiger partial charge on any atom is 0.0855 e. The Morgan fingerprint density at radius 3 is 3.00 bits per heavy atom. The van der Waals surface area contributed by atoms with Crippen molar-refractivity contribution in [2.45, 2.75) is 38.3 Å². The molecule has 0 aromatic carbocycles. The Morgan fingerprint density at radius 2 is 2.35 bits per heavy atom. The zero-order valence-corrected chi connectivity index (χ0v) is 13.0. The zero-order valence-electron chi connectivity index (χ0n) is 13.0. The molecule has 114 valence electrons. The average Bonchev–Trinajstić information content (AvgIpc) is 2.85. The van der Waals surface area contributed by atoms with Crippen molar-refractivity contribution in [1.29, 1.82) is 0 Å². The Bertz CT molecular complexity index is 393. The van der Waals surface area contributed by atoms with E-state index in [1.54, 1.807) is 0 Å². The van der Waals surface area contributed by atoms with Crippen molar-refractivity contribution in [1.82, 2.24) is 20.0 Å². The first-order chi connectivity index (χ1) is 9.69. The predicted molar refractivity (Wildman–Crippen MR) is 80.8 cm³/mol. The molecule has 20 heavy (non-hydrogen) atoms. The van der Waals surface area contributed by atoms with Gasteiger partial charge in [-0.05, 0) is 38.4 Å². The number of ether oxygens (including phenoxy) is 1. The number of rotatable bonds is 7. The maximum absolute atomic E-state index is 5.98. The molecule has 1 fully saturated rings. The number of nitrogens with one attached hydrogen (secondary N) is 1. The maximum atomic E-state index is 5.98. The molecule has 1 aromatic rings. The summed E-state index contributed by atoms with van der Waals surface area (Å²) in [5.74, 6) is 0. The van der Waals surface area contributed by atoms with Crippen LogP contribution in [0, 0.1) is 0 Å². The number of nitrogens with zero attached hydrogens (tertiary/aromatic N) is 3. The third-order valence-corrected chi connectivity index (χ3v) is 3.90. The summed E-state index contributed by atoms with van der Waals surface area (Å²) in [6, 6.07) is 0.429. The summed E-state index contributed by atoms with van der Waals surface area (Å²) >= 11 is 0. The highest BCUT2D eigenvalue weighted by Gasteiger charge is 2.26. The second kappa shape index (κ2) is 7.76. The minimum absolute atomic E-state index is 0.303. The van der Waals surface area contributed by atoms with Crippen molar-refractivity contribution in [3.05, 3.63) is 18.0 Å². The number of likely N-dealkylation sites (N-methyl/N-ethyl adjacent to an activating group) is 1. The van der Waals surface area contributed by atoms with Gasteiger partial charge in [0.25, 0.3) is 0 Å². The number of aromatic nitrogens is 2. The molecule has 1 aliphatic rings. The van der Waals surface area contributed by atoms with E-state index in [1.165, 1.54) is 5.56 Å². The van der Waals surface area contributed by atoms with Crippen LogP contribution in [-0.2, 0) is 18.2 Å². The lowest BCUT2D eigenvalue weighted by Gasteiger charge is -2.35. The summed E-state index contributed by atoms with van der Waals surface area (Å²) in [6.45, 7) is 6.17. The lowest BCUT2D eigenvalue weighted by Crippen LogP contribution is -2.51. The largest absolute Gasteiger partial charge is 0.374 e. The highest BCUT2D eigenvalue weighted by atomic mass is 16.5. The molecular weight excluding hydrogens is 252 g/mol. The molecular formula is C15H28N4O. The molecule has 5 heteroatoms. The zero-order chi connectivity index (χ0) is 14.4. The van der Waals surface area contributed by atoms with E-state index in [0.717, 1.165) is 45.5 Å². The Balaban J connectivity index is 1.88. The van der Waals surface area contributed by atoms with Gasteiger partial charge in [0.15, 0.2) is 0 Å². The number of hydrogen-bond donors (Lipinski definition) is 1. The van der Waals surface area contributed by atoms with E-state index in [2.05, 4.69) is 35.5 Å². The number of morpholine rings is 1. The lowest BCUT2D eigenvalue weighted by molar-refractivity contribution is -0.0397. The van der Waals surface area contributed by atoms with Gasteiger partial charge in [0.05, 0.1) is 18.9 Å². The standard InChI is InChI=1S/C15H28N4O/c1-4-7-16-14(15-12-18(2)8-9-20-15)6-5-13-10-17-19(3)11-13/h10-11,14-16H,4-9,12H2,1-3H3. The highest BCUT2D eigenvalue weighted by Crippen LogP contribution is 2.13. The third kappa shape index (κ3) is 4.58. The van der Waals surface area contributed by atoms with Gasteiger partial charge < -0.3 is 15.0 Å². The van der Waals surface area contributed by atoms with Gasteiger partial charge in [-0.25, -0.2) is 0 Å². The molecule has 5 nitrogen and oxygen atoms in total. The summed E-state index contributed by atoms with van der Waals surface area (Å²) in [5.41, 5.74) is 1.31. The van der Waals surface area contributed by atoms with E-state index >= 15 is 0 Å². The molecule has 1 N–H and O–H groups in total. The summed E-state index contributed by atoms with van der Waals surface area (Å²) in [5, 5.41) is 7.90. The Hall–Kier alpha value is -0.910. The fraction of sp³-hybridized carbons (Fsp3) is 0.800. The third-order valence-electron chi connectivity index (χ3n) is 3.90.